The van der Waals surface area contributed by atoms with Crippen molar-refractivity contribution in [2.24, 2.45) is 0 Å². The number of carbonyl (C=O) groups excluding carboxylic acids is 1. The molecule has 0 aliphatic heterocycles. The van der Waals surface area contributed by atoms with Crippen LogP contribution in [-0.2, 0) is 28.1 Å². The number of nitrogens with zero attached hydrogens (tertiary/aromatic N) is 2. The zero-order valence-electron chi connectivity index (χ0n) is 30.6. The van der Waals surface area contributed by atoms with E-state index in [4.69, 9.17) is 23.5 Å². The Balaban J connectivity index is 0.000000769. The van der Waals surface area contributed by atoms with Gasteiger partial charge in [-0.2, -0.15) is 8.67 Å². The number of benzene rings is 2. The molecule has 270 valence electrons. The van der Waals surface area contributed by atoms with Gasteiger partial charge in [-0.25, -0.2) is 19.7 Å². The van der Waals surface area contributed by atoms with Gasteiger partial charge < -0.3 is 21.4 Å². The second kappa shape index (κ2) is 29.3. The maximum Gasteiger partial charge on any atom is 1.00 e. The van der Waals surface area contributed by atoms with E-state index in [9.17, 15) is 5.11 Å². The fraction of sp³-hybridized carbons (Fsp3) is 0.424. The molecule has 51 heavy (non-hydrogen) atoms. The van der Waals surface area contributed by atoms with Gasteiger partial charge in [-0.1, -0.05) is 53.0 Å². The number of hydrogen-bond acceptors (Lipinski definition) is 15. The number of thiazole rings is 2. The van der Waals surface area contributed by atoms with Gasteiger partial charge in [-0.05, 0) is 87.8 Å². The predicted octanol–water partition coefficient (Wildman–Crippen LogP) is 3.31. The molecule has 6 rings (SSSR count). The van der Waals surface area contributed by atoms with Crippen LogP contribution in [0.5, 0.6) is 11.8 Å². The van der Waals surface area contributed by atoms with Crippen LogP contribution in [0.1, 0.15) is 62.8 Å². The van der Waals surface area contributed by atoms with Crippen LogP contribution in [0.2, 0.25) is 0 Å². The molecule has 1 N–H and O–H groups in total. The third-order valence-corrected chi connectivity index (χ3v) is 11.2. The second-order valence-corrected chi connectivity index (χ2v) is 15.8. The van der Waals surface area contributed by atoms with Crippen molar-refractivity contribution in [1.29, 1.82) is 0 Å². The molecular weight excluding hydrogens is 855 g/mol. The van der Waals surface area contributed by atoms with E-state index in [1.54, 1.807) is 11.3 Å². The predicted molar refractivity (Wildman–Crippen MR) is 196 cm³/mol. The van der Waals surface area contributed by atoms with E-state index in [1.165, 1.54) is 76.1 Å². The zero-order chi connectivity index (χ0) is 35.4. The van der Waals surface area contributed by atoms with Gasteiger partial charge in [0, 0.05) is 14.6 Å². The molecule has 2 fully saturated rings. The summed E-state index contributed by atoms with van der Waals surface area (Å²) < 4.78 is 15.7. The van der Waals surface area contributed by atoms with Gasteiger partial charge in [-0.3, -0.25) is 4.79 Å². The van der Waals surface area contributed by atoms with Gasteiger partial charge in [-0.15, -0.1) is 22.7 Å². The summed E-state index contributed by atoms with van der Waals surface area (Å²) in [5, 5.41) is 20.0. The molecule has 0 unspecified atom stereocenters. The Morgan fingerprint density at radius 3 is 1.63 bits per heavy atom. The maximum atomic E-state index is 9.64. The molecule has 0 bridgehead atoms. The van der Waals surface area contributed by atoms with Gasteiger partial charge in [0.25, 0.3) is 6.47 Å². The smallest absolute Gasteiger partial charge is 1.00 e. The third-order valence-electron chi connectivity index (χ3n) is 6.95. The van der Waals surface area contributed by atoms with E-state index in [0.29, 0.717) is 6.10 Å². The normalized spacial score (nSPS) is 13.6. The Labute approximate surface area is 411 Å². The Morgan fingerprint density at radius 1 is 0.804 bits per heavy atom. The zero-order valence-corrected chi connectivity index (χ0v) is 40.7. The number of halogens is 1. The first kappa shape index (κ1) is 50.0. The molecule has 2 heterocycles. The minimum atomic E-state index is -0.181. The first-order valence-corrected chi connectivity index (χ1v) is 19.4. The van der Waals surface area contributed by atoms with E-state index in [1.807, 2.05) is 50.2 Å². The fourth-order valence-electron chi connectivity index (χ4n) is 4.78. The molecule has 2 aromatic heterocycles. The number of rotatable bonds is 11. The monoisotopic (exact) mass is 894 g/mol. The summed E-state index contributed by atoms with van der Waals surface area (Å²) in [4.78, 5) is 33.6. The van der Waals surface area contributed by atoms with Crippen molar-refractivity contribution in [2.45, 2.75) is 85.9 Å². The number of aromatic nitrogens is 2. The average molecular weight is 896 g/mol. The van der Waals surface area contributed by atoms with Crippen LogP contribution in [0.25, 0.3) is 20.9 Å². The summed E-state index contributed by atoms with van der Waals surface area (Å²) in [6, 6.07) is 15.8. The molecule has 4 aromatic rings. The average Bonchev–Trinajstić information content (AvgIpc) is 3.94. The van der Waals surface area contributed by atoms with Crippen LogP contribution in [0.3, 0.4) is 0 Å². The molecule has 0 radical (unpaired) electrons. The summed E-state index contributed by atoms with van der Waals surface area (Å²) in [5.74, 6) is 0.865. The van der Waals surface area contributed by atoms with E-state index in [0.717, 1.165) is 76.3 Å². The van der Waals surface area contributed by atoms with E-state index in [-0.39, 0.29) is 117 Å². The molecular formula is C33H41BrK2N2O9S4. The topological polar surface area (TPSA) is 142 Å². The first-order valence-electron chi connectivity index (χ1n) is 15.4. The van der Waals surface area contributed by atoms with Gasteiger partial charge >= 0.3 is 103 Å². The summed E-state index contributed by atoms with van der Waals surface area (Å²) in [6.45, 7) is 3.71. The van der Waals surface area contributed by atoms with Gasteiger partial charge in [0.05, 0.1) is 58.1 Å². The third kappa shape index (κ3) is 19.1. The first-order chi connectivity index (χ1) is 23.8. The molecule has 0 amide bonds. The van der Waals surface area contributed by atoms with Crippen molar-refractivity contribution < 1.29 is 147 Å². The maximum absolute atomic E-state index is 9.64. The standard InChI is InChI=1S/C16H19NO3S2.C11H11NO3S2.C5H9Br.CH2O3.2K.H/c1-11-17-16(19-13-5-3-4-6-13)15(21-11)12-7-9-14(10-8-12)22-20-18-2;1-7-12-11(13)10(16-7)8-3-5-9(6-4-8)17-15-14-2;6-5-3-1-2-4-5;2-1-4-3;;;/h7-10,13H,3-6H2,1-2H3;3-6,13H,1-2H3;5H,1-4H2;1,3H;;;/q;;;;2*+1;-1/p-1. The fourth-order valence-corrected chi connectivity index (χ4v) is 7.90. The Morgan fingerprint density at radius 2 is 1.24 bits per heavy atom. The van der Waals surface area contributed by atoms with Crippen molar-refractivity contribution in [3.8, 4) is 32.6 Å². The van der Waals surface area contributed by atoms with Crippen LogP contribution in [0, 0.1) is 13.8 Å². The quantitative estimate of drug-likeness (QED) is 0.0589. The molecule has 0 atom stereocenters. The molecule has 11 nitrogen and oxygen atoms in total. The van der Waals surface area contributed by atoms with Crippen molar-refractivity contribution in [2.75, 3.05) is 14.2 Å². The minimum absolute atomic E-state index is 0. The van der Waals surface area contributed by atoms with Crippen molar-refractivity contribution in [1.82, 2.24) is 9.97 Å². The van der Waals surface area contributed by atoms with Crippen LogP contribution in [0.4, 0.5) is 0 Å². The van der Waals surface area contributed by atoms with E-state index in [2.05, 4.69) is 52.7 Å². The number of ether oxygens (including phenoxy) is 1. The summed E-state index contributed by atoms with van der Waals surface area (Å²) in [6.07, 6.45) is 10.8. The molecule has 2 aromatic carbocycles. The Kier molecular flexibility index (Phi) is 28.7. The van der Waals surface area contributed by atoms with Gasteiger partial charge in [0.15, 0.2) is 0 Å². The van der Waals surface area contributed by atoms with Crippen molar-refractivity contribution >= 4 is 69.2 Å². The minimum Gasteiger partial charge on any atom is -1.00 e. The Hall–Kier alpha value is 1.02. The van der Waals surface area contributed by atoms with E-state index >= 15 is 0 Å². The molecule has 0 spiro atoms. The molecule has 2 aliphatic carbocycles. The van der Waals surface area contributed by atoms with E-state index < -0.39 is 0 Å². The SMILES string of the molecule is BrC1CCCC1.COOSc1ccc(-c2sc(C)nc2O)cc1.COOSc1ccc(-c2sc(C)nc2OC2CCCC2)cc1.O=CO[O-].[H-].[K+].[K+]. The molecule has 2 aliphatic rings. The largest absolute Gasteiger partial charge is 1.00 e. The second-order valence-electron chi connectivity index (χ2n) is 10.5. The van der Waals surface area contributed by atoms with Gasteiger partial charge in [0.2, 0.25) is 11.8 Å². The summed E-state index contributed by atoms with van der Waals surface area (Å²) in [7, 11) is 2.95. The van der Waals surface area contributed by atoms with Crippen LogP contribution >= 0.6 is 62.7 Å². The van der Waals surface area contributed by atoms with Crippen molar-refractivity contribution in [3.05, 3.63) is 58.5 Å². The number of aromatic hydroxyl groups is 1. The van der Waals surface area contributed by atoms with Crippen molar-refractivity contribution in [3.63, 3.8) is 0 Å². The molecule has 18 heteroatoms. The summed E-state index contributed by atoms with van der Waals surface area (Å²) in [5.41, 5.74) is 2.07. The van der Waals surface area contributed by atoms with Crippen LogP contribution in [-0.4, -0.2) is 46.7 Å². The molecule has 2 saturated carbocycles. The number of alkyl halides is 1. The van der Waals surface area contributed by atoms with Crippen LogP contribution < -0.4 is 113 Å². The van der Waals surface area contributed by atoms with Gasteiger partial charge in [0.1, 0.15) is 6.10 Å². The summed E-state index contributed by atoms with van der Waals surface area (Å²) >= 11 is 9.01. The molecule has 0 saturated heterocycles. The number of aryl methyl sites for hydroxylation is 2. The number of carbonyl (C=O) groups is 1. The number of hydrogen-bond donors (Lipinski definition) is 1. The Bertz CT molecular complexity index is 1510. The van der Waals surface area contributed by atoms with Crippen LogP contribution in [0.15, 0.2) is 58.3 Å².